The van der Waals surface area contributed by atoms with Gasteiger partial charge in [-0.3, -0.25) is 0 Å². The molecule has 0 aromatic carbocycles. The summed E-state index contributed by atoms with van der Waals surface area (Å²) in [6, 6.07) is 0. The predicted octanol–water partition coefficient (Wildman–Crippen LogP) is 0.943. The maximum atomic E-state index is 4.20. The fourth-order valence-electron chi connectivity index (χ4n) is 0.604. The molecule has 0 saturated carbocycles. The molecule has 1 heterocycles. The lowest BCUT2D eigenvalue weighted by atomic mass is 10.1. The van der Waals surface area contributed by atoms with E-state index >= 15 is 0 Å². The summed E-state index contributed by atoms with van der Waals surface area (Å²) in [5, 5.41) is 7.59. The lowest BCUT2D eigenvalue weighted by Crippen LogP contribution is -2.28. The van der Waals surface area contributed by atoms with E-state index in [0.29, 0.717) is 0 Å². The second-order valence-corrected chi connectivity index (χ2v) is 3.13. The third-order valence-corrected chi connectivity index (χ3v) is 2.20. The maximum absolute atomic E-state index is 4.20. The first-order valence-electron chi connectivity index (χ1n) is 3.14. The van der Waals surface area contributed by atoms with Crippen molar-refractivity contribution in [1.29, 1.82) is 0 Å². The Kier molecular flexibility index (Phi) is 1.99. The summed E-state index contributed by atoms with van der Waals surface area (Å²) in [6.45, 7) is 4.13. The van der Waals surface area contributed by atoms with Gasteiger partial charge in [-0.2, -0.15) is 12.6 Å². The molecule has 10 heavy (non-hydrogen) atoms. The SMILES string of the molecule is CC(C)(CS)n1ccnn1. The number of hydrogen-bond donors (Lipinski definition) is 1. The van der Waals surface area contributed by atoms with E-state index in [-0.39, 0.29) is 5.54 Å². The highest BCUT2D eigenvalue weighted by Crippen LogP contribution is 2.13. The van der Waals surface area contributed by atoms with Gasteiger partial charge in [0.25, 0.3) is 0 Å². The lowest BCUT2D eigenvalue weighted by molar-refractivity contribution is 0.355. The van der Waals surface area contributed by atoms with Crippen LogP contribution >= 0.6 is 12.6 Å². The van der Waals surface area contributed by atoms with Gasteiger partial charge >= 0.3 is 0 Å². The largest absolute Gasteiger partial charge is 0.246 e. The van der Waals surface area contributed by atoms with Crippen molar-refractivity contribution < 1.29 is 0 Å². The number of nitrogens with zero attached hydrogens (tertiary/aromatic N) is 3. The molecular formula is C6H11N3S. The highest BCUT2D eigenvalue weighted by molar-refractivity contribution is 7.80. The molecule has 0 spiro atoms. The average molecular weight is 157 g/mol. The molecule has 4 heteroatoms. The first kappa shape index (κ1) is 7.60. The number of rotatable bonds is 2. The van der Waals surface area contributed by atoms with Crippen molar-refractivity contribution in [2.45, 2.75) is 19.4 Å². The number of aromatic nitrogens is 3. The summed E-state index contributed by atoms with van der Waals surface area (Å²) in [5.41, 5.74) is -0.0282. The van der Waals surface area contributed by atoms with E-state index in [9.17, 15) is 0 Å². The van der Waals surface area contributed by atoms with Gasteiger partial charge in [-0.25, -0.2) is 4.68 Å². The minimum absolute atomic E-state index is 0.0282. The fourth-order valence-corrected chi connectivity index (χ4v) is 0.748. The molecule has 0 saturated heterocycles. The van der Waals surface area contributed by atoms with Crippen LogP contribution in [0.1, 0.15) is 13.8 Å². The molecule has 3 nitrogen and oxygen atoms in total. The topological polar surface area (TPSA) is 30.7 Å². The Morgan fingerprint density at radius 1 is 1.60 bits per heavy atom. The molecule has 0 aliphatic rings. The smallest absolute Gasteiger partial charge is 0.0693 e. The third-order valence-electron chi connectivity index (χ3n) is 1.43. The lowest BCUT2D eigenvalue weighted by Gasteiger charge is -2.21. The second-order valence-electron chi connectivity index (χ2n) is 2.82. The molecular weight excluding hydrogens is 146 g/mol. The van der Waals surface area contributed by atoms with Crippen molar-refractivity contribution in [3.63, 3.8) is 0 Å². The summed E-state index contributed by atoms with van der Waals surface area (Å²) in [4.78, 5) is 0. The summed E-state index contributed by atoms with van der Waals surface area (Å²) >= 11 is 4.20. The van der Waals surface area contributed by atoms with Crippen LogP contribution in [0.2, 0.25) is 0 Å². The molecule has 1 rings (SSSR count). The molecule has 1 aromatic rings. The van der Waals surface area contributed by atoms with Crippen LogP contribution in [0.3, 0.4) is 0 Å². The first-order chi connectivity index (χ1) is 4.67. The monoisotopic (exact) mass is 157 g/mol. The average Bonchev–Trinajstić information content (AvgIpc) is 2.38. The van der Waals surface area contributed by atoms with Crippen molar-refractivity contribution in [1.82, 2.24) is 15.0 Å². The summed E-state index contributed by atoms with van der Waals surface area (Å²) < 4.78 is 1.81. The van der Waals surface area contributed by atoms with Crippen LogP contribution in [0.5, 0.6) is 0 Å². The van der Waals surface area contributed by atoms with Gasteiger partial charge in [-0.15, -0.1) is 5.10 Å². The van der Waals surface area contributed by atoms with Gasteiger partial charge < -0.3 is 0 Å². The van der Waals surface area contributed by atoms with Crippen LogP contribution in [0.25, 0.3) is 0 Å². The van der Waals surface area contributed by atoms with Crippen LogP contribution in [0.4, 0.5) is 0 Å². The van der Waals surface area contributed by atoms with Gasteiger partial charge in [0.15, 0.2) is 0 Å². The van der Waals surface area contributed by atoms with Crippen molar-refractivity contribution in [3.05, 3.63) is 12.4 Å². The van der Waals surface area contributed by atoms with Gasteiger partial charge in [0.05, 0.1) is 11.7 Å². The van der Waals surface area contributed by atoms with Crippen LogP contribution in [-0.4, -0.2) is 20.7 Å². The Labute approximate surface area is 65.8 Å². The first-order valence-corrected chi connectivity index (χ1v) is 3.78. The van der Waals surface area contributed by atoms with Gasteiger partial charge in [-0.1, -0.05) is 5.21 Å². The highest BCUT2D eigenvalue weighted by atomic mass is 32.1. The maximum Gasteiger partial charge on any atom is 0.0693 e. The molecule has 0 aliphatic heterocycles. The molecule has 0 aliphatic carbocycles. The Balaban J connectivity index is 2.85. The van der Waals surface area contributed by atoms with Crippen molar-refractivity contribution in [2.24, 2.45) is 0 Å². The van der Waals surface area contributed by atoms with Gasteiger partial charge in [0, 0.05) is 11.9 Å². The van der Waals surface area contributed by atoms with E-state index in [2.05, 4.69) is 36.8 Å². The normalized spacial score (nSPS) is 11.9. The van der Waals surface area contributed by atoms with Crippen LogP contribution in [0.15, 0.2) is 12.4 Å². The molecule has 0 atom stereocenters. The van der Waals surface area contributed by atoms with Gasteiger partial charge in [0.2, 0.25) is 0 Å². The van der Waals surface area contributed by atoms with E-state index in [0.717, 1.165) is 5.75 Å². The number of hydrogen-bond acceptors (Lipinski definition) is 3. The zero-order chi connectivity index (χ0) is 7.61. The van der Waals surface area contributed by atoms with Gasteiger partial charge in [-0.05, 0) is 13.8 Å². The van der Waals surface area contributed by atoms with E-state index in [1.807, 2.05) is 6.20 Å². The molecule has 0 unspecified atom stereocenters. The molecule has 0 bridgehead atoms. The minimum atomic E-state index is -0.0282. The van der Waals surface area contributed by atoms with Gasteiger partial charge in [0.1, 0.15) is 0 Å². The van der Waals surface area contributed by atoms with E-state index < -0.39 is 0 Å². The zero-order valence-electron chi connectivity index (χ0n) is 6.15. The Morgan fingerprint density at radius 2 is 2.30 bits per heavy atom. The fraction of sp³-hybridized carbons (Fsp3) is 0.667. The third kappa shape index (κ3) is 1.31. The molecule has 0 N–H and O–H groups in total. The molecule has 0 radical (unpaired) electrons. The van der Waals surface area contributed by atoms with Crippen LogP contribution < -0.4 is 0 Å². The minimum Gasteiger partial charge on any atom is -0.246 e. The highest BCUT2D eigenvalue weighted by Gasteiger charge is 2.17. The van der Waals surface area contributed by atoms with E-state index in [4.69, 9.17) is 0 Å². The summed E-state index contributed by atoms with van der Waals surface area (Å²) in [6.07, 6.45) is 3.52. The van der Waals surface area contributed by atoms with Crippen LogP contribution in [-0.2, 0) is 5.54 Å². The summed E-state index contributed by atoms with van der Waals surface area (Å²) in [5.74, 6) is 0.760. The van der Waals surface area contributed by atoms with Crippen LogP contribution in [0, 0.1) is 0 Å². The molecule has 0 fully saturated rings. The van der Waals surface area contributed by atoms with Crippen molar-refractivity contribution in [2.75, 3.05) is 5.75 Å². The quantitative estimate of drug-likeness (QED) is 0.648. The van der Waals surface area contributed by atoms with Crippen molar-refractivity contribution in [3.8, 4) is 0 Å². The number of thiol groups is 1. The standard InChI is InChI=1S/C6H11N3S/c1-6(2,5-10)9-4-3-7-8-9/h3-4,10H,5H2,1-2H3. The van der Waals surface area contributed by atoms with E-state index in [1.54, 1.807) is 10.9 Å². The Morgan fingerprint density at radius 3 is 2.70 bits per heavy atom. The van der Waals surface area contributed by atoms with Crippen molar-refractivity contribution >= 4 is 12.6 Å². The zero-order valence-corrected chi connectivity index (χ0v) is 7.05. The Hall–Kier alpha value is -0.510. The molecule has 0 amide bonds. The molecule has 56 valence electrons. The Bertz CT molecular complexity index is 193. The predicted molar refractivity (Wildman–Crippen MR) is 43.2 cm³/mol. The molecule has 1 aromatic heterocycles. The summed E-state index contributed by atoms with van der Waals surface area (Å²) in [7, 11) is 0. The van der Waals surface area contributed by atoms with E-state index in [1.165, 1.54) is 0 Å². The second kappa shape index (κ2) is 2.62.